The molecule has 1 aromatic heterocycles. The number of aliphatic carboxylic acids is 1. The number of pyridine rings is 1. The summed E-state index contributed by atoms with van der Waals surface area (Å²) in [5.41, 5.74) is -0.638. The van der Waals surface area contributed by atoms with Crippen molar-refractivity contribution >= 4 is 22.6 Å². The maximum Gasteiger partial charge on any atom is 0.311 e. The van der Waals surface area contributed by atoms with Gasteiger partial charge in [-0.15, -0.1) is 0 Å². The standard InChI is InChI=1S/C14H14N2O3/c17-10-2-1-9-3-6-15-12(11(9)7-10)16-8-14(4-5-14)13(18)19/h1-3,6-7,17H,4-5,8H2,(H,15,16)(H,18,19). The lowest BCUT2D eigenvalue weighted by Gasteiger charge is -2.13. The van der Waals surface area contributed by atoms with Crippen LogP contribution in [0.25, 0.3) is 10.8 Å². The third kappa shape index (κ3) is 2.07. The molecule has 0 aliphatic heterocycles. The molecule has 5 heteroatoms. The average Bonchev–Trinajstić information content (AvgIpc) is 3.17. The number of rotatable bonds is 4. The number of benzene rings is 1. The van der Waals surface area contributed by atoms with E-state index in [9.17, 15) is 9.90 Å². The Bertz CT molecular complexity index is 650. The van der Waals surface area contributed by atoms with Crippen LogP contribution < -0.4 is 5.32 Å². The van der Waals surface area contributed by atoms with E-state index in [-0.39, 0.29) is 5.75 Å². The average molecular weight is 258 g/mol. The number of fused-ring (bicyclic) bond motifs is 1. The van der Waals surface area contributed by atoms with Crippen LogP contribution >= 0.6 is 0 Å². The van der Waals surface area contributed by atoms with Gasteiger partial charge in [0.2, 0.25) is 0 Å². The van der Waals surface area contributed by atoms with Crippen molar-refractivity contribution in [3.63, 3.8) is 0 Å². The van der Waals surface area contributed by atoms with Gasteiger partial charge in [0, 0.05) is 18.1 Å². The van der Waals surface area contributed by atoms with Crippen molar-refractivity contribution in [3.05, 3.63) is 30.5 Å². The summed E-state index contributed by atoms with van der Waals surface area (Å²) in [6.45, 7) is 0.365. The molecule has 1 fully saturated rings. The van der Waals surface area contributed by atoms with Crippen molar-refractivity contribution in [1.82, 2.24) is 4.98 Å². The molecule has 0 atom stereocenters. The summed E-state index contributed by atoms with van der Waals surface area (Å²) in [6, 6.07) is 6.91. The first-order chi connectivity index (χ1) is 9.11. The number of nitrogens with one attached hydrogen (secondary N) is 1. The number of anilines is 1. The fourth-order valence-electron chi connectivity index (χ4n) is 2.17. The van der Waals surface area contributed by atoms with Gasteiger partial charge in [0.15, 0.2) is 0 Å². The highest BCUT2D eigenvalue weighted by Gasteiger charge is 2.50. The van der Waals surface area contributed by atoms with Gasteiger partial charge >= 0.3 is 5.97 Å². The molecule has 1 aliphatic carbocycles. The minimum atomic E-state index is -0.761. The Morgan fingerprint density at radius 1 is 1.37 bits per heavy atom. The van der Waals surface area contributed by atoms with Crippen LogP contribution in [0.5, 0.6) is 5.75 Å². The van der Waals surface area contributed by atoms with Crippen molar-refractivity contribution < 1.29 is 15.0 Å². The lowest BCUT2D eigenvalue weighted by Crippen LogP contribution is -2.24. The second kappa shape index (κ2) is 4.12. The van der Waals surface area contributed by atoms with E-state index in [1.54, 1.807) is 18.3 Å². The molecule has 2 aromatic rings. The minimum Gasteiger partial charge on any atom is -0.508 e. The third-order valence-electron chi connectivity index (χ3n) is 3.65. The number of nitrogens with zero attached hydrogens (tertiary/aromatic N) is 1. The lowest BCUT2D eigenvalue weighted by atomic mass is 10.1. The molecule has 0 saturated heterocycles. The Hall–Kier alpha value is -2.30. The minimum absolute atomic E-state index is 0.169. The summed E-state index contributed by atoms with van der Waals surface area (Å²) in [6.07, 6.45) is 3.07. The Labute approximate surface area is 109 Å². The van der Waals surface area contributed by atoms with Crippen LogP contribution in [0.15, 0.2) is 30.5 Å². The quantitative estimate of drug-likeness (QED) is 0.783. The van der Waals surface area contributed by atoms with Gasteiger partial charge in [-0.25, -0.2) is 4.98 Å². The summed E-state index contributed by atoms with van der Waals surface area (Å²) in [7, 11) is 0. The molecule has 1 heterocycles. The smallest absolute Gasteiger partial charge is 0.311 e. The summed E-state index contributed by atoms with van der Waals surface area (Å²) in [5.74, 6) is 0.0203. The highest BCUT2D eigenvalue weighted by atomic mass is 16.4. The predicted molar refractivity (Wildman–Crippen MR) is 71.2 cm³/mol. The molecule has 0 amide bonds. The molecule has 1 saturated carbocycles. The second-order valence-electron chi connectivity index (χ2n) is 5.00. The Morgan fingerprint density at radius 3 is 2.84 bits per heavy atom. The van der Waals surface area contributed by atoms with Gasteiger partial charge in [-0.3, -0.25) is 4.79 Å². The summed E-state index contributed by atoms with van der Waals surface area (Å²) in [5, 5.41) is 23.5. The highest BCUT2D eigenvalue weighted by Crippen LogP contribution is 2.46. The summed E-state index contributed by atoms with van der Waals surface area (Å²) >= 11 is 0. The molecule has 0 bridgehead atoms. The van der Waals surface area contributed by atoms with E-state index < -0.39 is 11.4 Å². The first-order valence-electron chi connectivity index (χ1n) is 6.16. The number of hydrogen-bond acceptors (Lipinski definition) is 4. The number of phenols is 1. The summed E-state index contributed by atoms with van der Waals surface area (Å²) in [4.78, 5) is 15.3. The number of phenolic OH excluding ortho intramolecular Hbond substituents is 1. The molecule has 1 aliphatic rings. The molecule has 3 N–H and O–H groups in total. The Kier molecular flexibility index (Phi) is 2.55. The zero-order chi connectivity index (χ0) is 13.5. The number of carboxylic acids is 1. The van der Waals surface area contributed by atoms with Crippen molar-refractivity contribution in [1.29, 1.82) is 0 Å². The van der Waals surface area contributed by atoms with E-state index in [0.717, 1.165) is 10.8 Å². The van der Waals surface area contributed by atoms with Crippen LogP contribution in [0.3, 0.4) is 0 Å². The largest absolute Gasteiger partial charge is 0.508 e. The normalized spacial score (nSPS) is 16.2. The maximum absolute atomic E-state index is 11.1. The van der Waals surface area contributed by atoms with Crippen LogP contribution in [-0.4, -0.2) is 27.7 Å². The monoisotopic (exact) mass is 258 g/mol. The molecule has 0 spiro atoms. The molecule has 3 rings (SSSR count). The molecular weight excluding hydrogens is 244 g/mol. The first-order valence-corrected chi connectivity index (χ1v) is 6.16. The molecule has 0 radical (unpaired) electrons. The number of aromatic hydroxyl groups is 1. The van der Waals surface area contributed by atoms with Crippen LogP contribution in [0.4, 0.5) is 5.82 Å². The predicted octanol–water partition coefficient (Wildman–Crippen LogP) is 2.22. The van der Waals surface area contributed by atoms with Crippen molar-refractivity contribution in [2.24, 2.45) is 5.41 Å². The molecule has 98 valence electrons. The van der Waals surface area contributed by atoms with Gasteiger partial charge in [-0.05, 0) is 36.4 Å². The maximum atomic E-state index is 11.1. The topological polar surface area (TPSA) is 82.5 Å². The Balaban J connectivity index is 1.89. The molecule has 19 heavy (non-hydrogen) atoms. The Morgan fingerprint density at radius 2 is 2.16 bits per heavy atom. The summed E-state index contributed by atoms with van der Waals surface area (Å²) < 4.78 is 0. The zero-order valence-corrected chi connectivity index (χ0v) is 10.3. The third-order valence-corrected chi connectivity index (χ3v) is 3.65. The van der Waals surface area contributed by atoms with Gasteiger partial charge < -0.3 is 15.5 Å². The SMILES string of the molecule is O=C(O)C1(CNc2nccc3ccc(O)cc23)CC1. The van der Waals surface area contributed by atoms with Crippen LogP contribution in [-0.2, 0) is 4.79 Å². The van der Waals surface area contributed by atoms with Crippen LogP contribution in [0.1, 0.15) is 12.8 Å². The molecule has 1 aromatic carbocycles. The molecular formula is C14H14N2O3. The number of aromatic nitrogens is 1. The van der Waals surface area contributed by atoms with Crippen molar-refractivity contribution in [2.75, 3.05) is 11.9 Å². The van der Waals surface area contributed by atoms with Crippen molar-refractivity contribution in [3.8, 4) is 5.75 Å². The molecule has 5 nitrogen and oxygen atoms in total. The van der Waals surface area contributed by atoms with Gasteiger partial charge in [0.05, 0.1) is 5.41 Å². The van der Waals surface area contributed by atoms with E-state index in [1.165, 1.54) is 0 Å². The first kappa shape index (κ1) is 11.8. The van der Waals surface area contributed by atoms with E-state index in [0.29, 0.717) is 25.2 Å². The number of carbonyl (C=O) groups is 1. The second-order valence-corrected chi connectivity index (χ2v) is 5.00. The fraction of sp³-hybridized carbons (Fsp3) is 0.286. The van der Waals surface area contributed by atoms with Gasteiger partial charge in [0.1, 0.15) is 11.6 Å². The number of hydrogen-bond donors (Lipinski definition) is 3. The fourth-order valence-corrected chi connectivity index (χ4v) is 2.17. The van der Waals surface area contributed by atoms with Gasteiger partial charge in [-0.2, -0.15) is 0 Å². The van der Waals surface area contributed by atoms with Crippen molar-refractivity contribution in [2.45, 2.75) is 12.8 Å². The number of carboxylic acid groups (broad SMARTS) is 1. The van der Waals surface area contributed by atoms with E-state index in [4.69, 9.17) is 5.11 Å². The zero-order valence-electron chi connectivity index (χ0n) is 10.3. The lowest BCUT2D eigenvalue weighted by molar-refractivity contribution is -0.142. The van der Waals surface area contributed by atoms with Gasteiger partial charge in [-0.1, -0.05) is 6.07 Å². The van der Waals surface area contributed by atoms with Crippen LogP contribution in [0.2, 0.25) is 0 Å². The van der Waals surface area contributed by atoms with E-state index >= 15 is 0 Å². The van der Waals surface area contributed by atoms with E-state index in [1.807, 2.05) is 12.1 Å². The van der Waals surface area contributed by atoms with Crippen LogP contribution in [0, 0.1) is 5.41 Å². The van der Waals surface area contributed by atoms with Gasteiger partial charge in [0.25, 0.3) is 0 Å². The highest BCUT2D eigenvalue weighted by molar-refractivity contribution is 5.93. The molecule has 0 unspecified atom stereocenters. The van der Waals surface area contributed by atoms with E-state index in [2.05, 4.69) is 10.3 Å².